The average Bonchev–Trinajstić information content (AvgIpc) is 2.46. The summed E-state index contributed by atoms with van der Waals surface area (Å²) in [5, 5.41) is 0.880. The molecule has 134 valence electrons. The minimum atomic E-state index is -0.374. The highest BCUT2D eigenvalue weighted by Gasteiger charge is 2.19. The third kappa shape index (κ3) is 15.3. The lowest BCUT2D eigenvalue weighted by Gasteiger charge is -2.23. The van der Waals surface area contributed by atoms with Crippen LogP contribution in [-0.2, 0) is 8.85 Å². The van der Waals surface area contributed by atoms with Gasteiger partial charge in [0.05, 0.1) is 0 Å². The van der Waals surface area contributed by atoms with E-state index in [-0.39, 0.29) is 19.5 Å². The molecule has 0 unspecified atom stereocenters. The highest BCUT2D eigenvalue weighted by atomic mass is 33.7. The molecule has 0 rings (SSSR count). The Balaban J connectivity index is 3.47. The van der Waals surface area contributed by atoms with Crippen LogP contribution in [0.3, 0.4) is 0 Å². The lowest BCUT2D eigenvalue weighted by molar-refractivity contribution is 0.338. The van der Waals surface area contributed by atoms with Crippen LogP contribution in [-0.4, -0.2) is 44.2 Å². The van der Waals surface area contributed by atoms with Crippen LogP contribution in [0, 0.1) is 0 Å². The van der Waals surface area contributed by atoms with Crippen molar-refractivity contribution in [2.24, 2.45) is 0 Å². The first-order chi connectivity index (χ1) is 10.3. The normalized spacial score (nSPS) is 13.9. The Morgan fingerprint density at radius 1 is 0.727 bits per heavy atom. The Labute approximate surface area is 158 Å². The zero-order valence-corrected chi connectivity index (χ0v) is 21.2. The van der Waals surface area contributed by atoms with Crippen LogP contribution >= 0.6 is 41.2 Å². The molecule has 0 saturated heterocycles. The van der Waals surface area contributed by atoms with Gasteiger partial charge in [-0.15, -0.1) is 0 Å². The smallest absolute Gasteiger partial charge is 0.167 e. The molecule has 0 heterocycles. The van der Waals surface area contributed by atoms with Gasteiger partial charge in [-0.05, 0) is 56.4 Å². The SMILES string of the molecule is CCO[SiH2]C(C)(C)CCSSSSCCC(C)(C)[SiH2]OCC. The van der Waals surface area contributed by atoms with E-state index in [0.29, 0.717) is 10.1 Å². The van der Waals surface area contributed by atoms with Crippen LogP contribution in [0.25, 0.3) is 0 Å². The molecule has 8 heteroatoms. The molecule has 0 aliphatic heterocycles. The quantitative estimate of drug-likeness (QED) is 0.208. The fourth-order valence-electron chi connectivity index (χ4n) is 1.64. The molecule has 0 aromatic heterocycles. The molecule has 0 bridgehead atoms. The molecule has 0 amide bonds. The van der Waals surface area contributed by atoms with Crippen molar-refractivity contribution in [1.29, 1.82) is 0 Å². The Bertz CT molecular complexity index is 243. The van der Waals surface area contributed by atoms with Crippen LogP contribution in [0.5, 0.6) is 0 Å². The fourth-order valence-corrected chi connectivity index (χ4v) is 11.0. The van der Waals surface area contributed by atoms with Crippen molar-refractivity contribution in [2.75, 3.05) is 24.7 Å². The van der Waals surface area contributed by atoms with Crippen LogP contribution in [0.1, 0.15) is 54.4 Å². The molecule has 0 aromatic rings. The standard InChI is InChI=1S/C14H34O2S4Si2/c1-7-15-21-13(3,4)9-11-17-19-20-18-12-10-14(5,6)22-16-8-2/h7-12,21-22H2,1-6H3. The van der Waals surface area contributed by atoms with Crippen LogP contribution in [0.2, 0.25) is 10.1 Å². The van der Waals surface area contributed by atoms with Crippen molar-refractivity contribution in [1.82, 2.24) is 0 Å². The number of hydrogen-bond acceptors (Lipinski definition) is 6. The van der Waals surface area contributed by atoms with Gasteiger partial charge in [0.2, 0.25) is 0 Å². The van der Waals surface area contributed by atoms with E-state index in [2.05, 4.69) is 41.5 Å². The predicted octanol–water partition coefficient (Wildman–Crippen LogP) is 5.08. The molecule has 0 aliphatic rings. The van der Waals surface area contributed by atoms with Gasteiger partial charge < -0.3 is 8.85 Å². The topological polar surface area (TPSA) is 18.5 Å². The number of hydrogen-bond donors (Lipinski definition) is 0. The third-order valence-corrected chi connectivity index (χ3v) is 13.2. The molecule has 0 aliphatic carbocycles. The first-order valence-electron chi connectivity index (χ1n) is 8.06. The minimum Gasteiger partial charge on any atom is -0.424 e. The van der Waals surface area contributed by atoms with E-state index in [1.165, 1.54) is 24.3 Å². The molecule has 0 radical (unpaired) electrons. The van der Waals surface area contributed by atoms with Crippen molar-refractivity contribution in [3.63, 3.8) is 0 Å². The summed E-state index contributed by atoms with van der Waals surface area (Å²) in [5.74, 6) is 2.46. The molecule has 0 saturated carbocycles. The van der Waals surface area contributed by atoms with Crippen LogP contribution in [0.4, 0.5) is 0 Å². The van der Waals surface area contributed by atoms with Gasteiger partial charge >= 0.3 is 0 Å². The second-order valence-electron chi connectivity index (χ2n) is 6.88. The van der Waals surface area contributed by atoms with E-state index in [4.69, 9.17) is 8.85 Å². The Morgan fingerprint density at radius 2 is 1.09 bits per heavy atom. The first-order valence-corrected chi connectivity index (χ1v) is 15.8. The minimum absolute atomic E-state index is 0.374. The molecule has 22 heavy (non-hydrogen) atoms. The van der Waals surface area contributed by atoms with E-state index in [9.17, 15) is 0 Å². The maximum absolute atomic E-state index is 5.67. The molecule has 0 atom stereocenters. The first kappa shape index (κ1) is 23.8. The average molecular weight is 419 g/mol. The van der Waals surface area contributed by atoms with Crippen molar-refractivity contribution >= 4 is 60.8 Å². The van der Waals surface area contributed by atoms with E-state index in [1.807, 2.05) is 41.2 Å². The van der Waals surface area contributed by atoms with Gasteiger partial charge in [-0.1, -0.05) is 49.3 Å². The zero-order chi connectivity index (χ0) is 16.9. The van der Waals surface area contributed by atoms with E-state index in [0.717, 1.165) is 13.2 Å². The third-order valence-electron chi connectivity index (χ3n) is 3.24. The monoisotopic (exact) mass is 418 g/mol. The molecule has 2 nitrogen and oxygen atoms in total. The summed E-state index contributed by atoms with van der Waals surface area (Å²) in [6.07, 6.45) is 2.55. The van der Waals surface area contributed by atoms with Gasteiger partial charge in [-0.2, -0.15) is 0 Å². The summed E-state index contributed by atoms with van der Waals surface area (Å²) < 4.78 is 11.3. The Morgan fingerprint density at radius 3 is 1.41 bits per heavy atom. The molecule has 0 aromatic carbocycles. The summed E-state index contributed by atoms with van der Waals surface area (Å²) in [6.45, 7) is 15.4. The van der Waals surface area contributed by atoms with Crippen molar-refractivity contribution in [2.45, 2.75) is 64.5 Å². The van der Waals surface area contributed by atoms with Gasteiger partial charge in [0.15, 0.2) is 19.5 Å². The van der Waals surface area contributed by atoms with Crippen molar-refractivity contribution in [3.8, 4) is 0 Å². The second-order valence-corrected chi connectivity index (χ2v) is 18.3. The molecule has 0 spiro atoms. The zero-order valence-electron chi connectivity index (χ0n) is 15.1. The summed E-state index contributed by atoms with van der Waals surface area (Å²) in [4.78, 5) is 0. The lowest BCUT2D eigenvalue weighted by Crippen LogP contribution is -2.17. The van der Waals surface area contributed by atoms with E-state index < -0.39 is 0 Å². The van der Waals surface area contributed by atoms with Gasteiger partial charge in [0, 0.05) is 24.7 Å². The largest absolute Gasteiger partial charge is 0.424 e. The predicted molar refractivity (Wildman–Crippen MR) is 118 cm³/mol. The second kappa shape index (κ2) is 14.0. The van der Waals surface area contributed by atoms with Crippen LogP contribution < -0.4 is 0 Å². The molecular weight excluding hydrogens is 385 g/mol. The van der Waals surface area contributed by atoms with Crippen molar-refractivity contribution < 1.29 is 8.85 Å². The summed E-state index contributed by atoms with van der Waals surface area (Å²) in [6, 6.07) is 0. The molecule has 0 N–H and O–H groups in total. The summed E-state index contributed by atoms with van der Waals surface area (Å²) >= 11 is 0. The van der Waals surface area contributed by atoms with Crippen molar-refractivity contribution in [3.05, 3.63) is 0 Å². The van der Waals surface area contributed by atoms with Gasteiger partial charge in [0.25, 0.3) is 0 Å². The Kier molecular flexibility index (Phi) is 15.1. The van der Waals surface area contributed by atoms with Gasteiger partial charge in [-0.3, -0.25) is 0 Å². The molecule has 0 fully saturated rings. The summed E-state index contributed by atoms with van der Waals surface area (Å²) in [7, 11) is 7.12. The summed E-state index contributed by atoms with van der Waals surface area (Å²) in [5.41, 5.74) is 0. The van der Waals surface area contributed by atoms with Crippen LogP contribution in [0.15, 0.2) is 0 Å². The lowest BCUT2D eigenvalue weighted by atomic mass is 10.1. The number of rotatable bonds is 15. The molecular formula is C14H34O2S4Si2. The fraction of sp³-hybridized carbons (Fsp3) is 1.00. The maximum Gasteiger partial charge on any atom is 0.167 e. The van der Waals surface area contributed by atoms with E-state index in [1.54, 1.807) is 0 Å². The van der Waals surface area contributed by atoms with E-state index >= 15 is 0 Å². The highest BCUT2D eigenvalue weighted by Crippen LogP contribution is 2.45. The maximum atomic E-state index is 5.67. The van der Waals surface area contributed by atoms with Gasteiger partial charge in [-0.25, -0.2) is 0 Å². The highest BCUT2D eigenvalue weighted by molar-refractivity contribution is 9.26. The Hall–Kier alpha value is 1.75. The van der Waals surface area contributed by atoms with Gasteiger partial charge in [0.1, 0.15) is 0 Å².